The molecule has 2 aromatic carbocycles. The Bertz CT molecular complexity index is 737. The van der Waals surface area contributed by atoms with E-state index < -0.39 is 5.41 Å². The molecular formula is C19H22N4O. The van der Waals surface area contributed by atoms with E-state index in [1.54, 1.807) is 12.1 Å². The van der Waals surface area contributed by atoms with Gasteiger partial charge >= 0.3 is 0 Å². The van der Waals surface area contributed by atoms with Gasteiger partial charge in [-0.1, -0.05) is 18.2 Å². The number of nitriles is 1. The zero-order valence-corrected chi connectivity index (χ0v) is 14.0. The quantitative estimate of drug-likeness (QED) is 0.591. The Kier molecular flexibility index (Phi) is 6.84. The van der Waals surface area contributed by atoms with Gasteiger partial charge in [0.05, 0.1) is 11.5 Å². The Hall–Kier alpha value is -2.97. The summed E-state index contributed by atoms with van der Waals surface area (Å²) in [6.45, 7) is 7.20. The van der Waals surface area contributed by atoms with Crippen molar-refractivity contribution in [2.24, 2.45) is 10.7 Å². The maximum Gasteiger partial charge on any atom is 0.115 e. The molecular weight excluding hydrogens is 300 g/mol. The minimum absolute atomic E-state index is 0.237. The molecule has 0 bridgehead atoms. The second-order valence-corrected chi connectivity index (χ2v) is 5.72. The molecule has 0 saturated heterocycles. The van der Waals surface area contributed by atoms with Gasteiger partial charge in [0, 0.05) is 6.54 Å². The number of rotatable bonds is 4. The monoisotopic (exact) mass is 322 g/mol. The Morgan fingerprint density at radius 1 is 1.25 bits per heavy atom. The molecule has 0 radical (unpaired) electrons. The fourth-order valence-electron chi connectivity index (χ4n) is 2.06. The van der Waals surface area contributed by atoms with Gasteiger partial charge in [-0.15, -0.1) is 0 Å². The van der Waals surface area contributed by atoms with Gasteiger partial charge in [-0.05, 0) is 67.1 Å². The third-order valence-corrected chi connectivity index (χ3v) is 3.52. The summed E-state index contributed by atoms with van der Waals surface area (Å²) >= 11 is 0. The summed E-state index contributed by atoms with van der Waals surface area (Å²) in [4.78, 5) is 3.03. The van der Waals surface area contributed by atoms with E-state index in [2.05, 4.69) is 17.8 Å². The number of benzene rings is 2. The van der Waals surface area contributed by atoms with Crippen LogP contribution in [0.4, 0.5) is 0 Å². The topological polar surface area (TPSA) is 106 Å². The molecule has 2 rings (SSSR count). The van der Waals surface area contributed by atoms with E-state index in [0.29, 0.717) is 6.54 Å². The van der Waals surface area contributed by atoms with Gasteiger partial charge in [0.25, 0.3) is 0 Å². The van der Waals surface area contributed by atoms with Gasteiger partial charge in [-0.25, -0.2) is 0 Å². The van der Waals surface area contributed by atoms with Crippen LogP contribution in [-0.2, 0) is 12.0 Å². The molecule has 0 unspecified atom stereocenters. The zero-order valence-electron chi connectivity index (χ0n) is 14.0. The second-order valence-electron chi connectivity index (χ2n) is 5.72. The van der Waals surface area contributed by atoms with Crippen molar-refractivity contribution in [3.63, 3.8) is 0 Å². The number of hydrogen-bond donors (Lipinski definition) is 3. The van der Waals surface area contributed by atoms with E-state index in [-0.39, 0.29) is 5.75 Å². The van der Waals surface area contributed by atoms with E-state index in [0.717, 1.165) is 28.6 Å². The molecule has 5 nitrogen and oxygen atoms in total. The third kappa shape index (κ3) is 5.04. The van der Waals surface area contributed by atoms with Crippen molar-refractivity contribution in [1.82, 2.24) is 0 Å². The predicted octanol–water partition coefficient (Wildman–Crippen LogP) is 3.61. The fourth-order valence-corrected chi connectivity index (χ4v) is 2.06. The highest BCUT2D eigenvalue weighted by Crippen LogP contribution is 2.30. The first-order valence-electron chi connectivity index (χ1n) is 7.38. The van der Waals surface area contributed by atoms with E-state index in [1.807, 2.05) is 44.2 Å². The smallest absolute Gasteiger partial charge is 0.115 e. The number of aromatic hydroxyl groups is 1. The lowest BCUT2D eigenvalue weighted by Gasteiger charge is -2.18. The van der Waals surface area contributed by atoms with E-state index >= 15 is 0 Å². The molecule has 0 amide bonds. The number of nitrogens with one attached hydrogen (secondary N) is 1. The molecule has 0 aliphatic rings. The first-order valence-corrected chi connectivity index (χ1v) is 7.38. The van der Waals surface area contributed by atoms with Crippen LogP contribution in [0.3, 0.4) is 0 Å². The van der Waals surface area contributed by atoms with Crippen LogP contribution in [-0.4, -0.2) is 18.2 Å². The first-order chi connectivity index (χ1) is 11.4. The van der Waals surface area contributed by atoms with Gasteiger partial charge in [-0.2, -0.15) is 5.26 Å². The van der Waals surface area contributed by atoms with Crippen LogP contribution in [0.1, 0.15) is 25.0 Å². The number of phenols is 1. The van der Waals surface area contributed by atoms with Gasteiger partial charge < -0.3 is 10.8 Å². The minimum Gasteiger partial charge on any atom is -0.508 e. The molecule has 24 heavy (non-hydrogen) atoms. The van der Waals surface area contributed by atoms with E-state index in [4.69, 9.17) is 11.1 Å². The lowest BCUT2D eigenvalue weighted by atomic mass is 9.83. The SMILES string of the molecule is C=NC=N.CC(C)(C#N)c1cc(CN)cc(-c2ccc(O)cc2)c1. The van der Waals surface area contributed by atoms with Crippen LogP contribution in [0.2, 0.25) is 0 Å². The molecule has 0 atom stereocenters. The van der Waals surface area contributed by atoms with Gasteiger partial charge in [-0.3, -0.25) is 10.4 Å². The highest BCUT2D eigenvalue weighted by molar-refractivity contribution is 5.66. The number of aliphatic imine (C=N–C) groups is 1. The molecule has 2 aromatic rings. The Morgan fingerprint density at radius 2 is 1.83 bits per heavy atom. The normalized spacial score (nSPS) is 10.1. The number of nitrogens with zero attached hydrogens (tertiary/aromatic N) is 2. The van der Waals surface area contributed by atoms with Crippen molar-refractivity contribution in [2.45, 2.75) is 25.8 Å². The van der Waals surface area contributed by atoms with E-state index in [1.165, 1.54) is 0 Å². The summed E-state index contributed by atoms with van der Waals surface area (Å²) in [7, 11) is 0. The van der Waals surface area contributed by atoms with Crippen LogP contribution in [0.5, 0.6) is 5.75 Å². The summed E-state index contributed by atoms with van der Waals surface area (Å²) < 4.78 is 0. The molecule has 124 valence electrons. The Balaban J connectivity index is 0.000000648. The molecule has 0 fully saturated rings. The fraction of sp³-hybridized carbons (Fsp3) is 0.211. The van der Waals surface area contributed by atoms with Crippen LogP contribution in [0.25, 0.3) is 11.1 Å². The van der Waals surface area contributed by atoms with Crippen molar-refractivity contribution >= 4 is 13.1 Å². The van der Waals surface area contributed by atoms with Gasteiger partial charge in [0.1, 0.15) is 12.1 Å². The van der Waals surface area contributed by atoms with Crippen LogP contribution < -0.4 is 5.73 Å². The molecule has 0 spiro atoms. The van der Waals surface area contributed by atoms with Gasteiger partial charge in [0.2, 0.25) is 0 Å². The van der Waals surface area contributed by atoms with Crippen molar-refractivity contribution in [3.05, 3.63) is 53.6 Å². The second kappa shape index (κ2) is 8.61. The van der Waals surface area contributed by atoms with Crippen LogP contribution in [0.15, 0.2) is 47.5 Å². The lowest BCUT2D eigenvalue weighted by molar-refractivity contribution is 0.475. The zero-order chi connectivity index (χ0) is 18.2. The molecule has 0 aromatic heterocycles. The highest BCUT2D eigenvalue weighted by Gasteiger charge is 2.21. The molecule has 0 heterocycles. The van der Waals surface area contributed by atoms with E-state index in [9.17, 15) is 10.4 Å². The summed E-state index contributed by atoms with van der Waals surface area (Å²) in [5, 5.41) is 24.8. The maximum atomic E-state index is 9.36. The average Bonchev–Trinajstić information content (AvgIpc) is 2.62. The molecule has 5 heteroatoms. The molecule has 0 saturated carbocycles. The third-order valence-electron chi connectivity index (χ3n) is 3.52. The van der Waals surface area contributed by atoms with Crippen LogP contribution in [0, 0.1) is 16.7 Å². The molecule has 4 N–H and O–H groups in total. The largest absolute Gasteiger partial charge is 0.508 e. The van der Waals surface area contributed by atoms with Crippen molar-refractivity contribution < 1.29 is 5.11 Å². The highest BCUT2D eigenvalue weighted by atomic mass is 16.3. The minimum atomic E-state index is -0.559. The molecule has 0 aliphatic heterocycles. The predicted molar refractivity (Wildman–Crippen MR) is 98.4 cm³/mol. The first kappa shape index (κ1) is 19.1. The van der Waals surface area contributed by atoms with Gasteiger partial charge in [0.15, 0.2) is 0 Å². The summed E-state index contributed by atoms with van der Waals surface area (Å²) in [6, 6.07) is 15.3. The number of hydrogen-bond acceptors (Lipinski definition) is 4. The number of nitrogens with two attached hydrogens (primary N) is 1. The Labute approximate surface area is 142 Å². The van der Waals surface area contributed by atoms with Crippen molar-refractivity contribution in [3.8, 4) is 22.9 Å². The summed E-state index contributed by atoms with van der Waals surface area (Å²) in [6.07, 6.45) is 0.889. The maximum absolute atomic E-state index is 9.36. The molecule has 0 aliphatic carbocycles. The lowest BCUT2D eigenvalue weighted by Crippen LogP contribution is -2.15. The van der Waals surface area contributed by atoms with Crippen LogP contribution >= 0.6 is 0 Å². The summed E-state index contributed by atoms with van der Waals surface area (Å²) in [5.41, 5.74) is 9.14. The summed E-state index contributed by atoms with van der Waals surface area (Å²) in [5.74, 6) is 0.237. The standard InChI is InChI=1S/C17H18N2O.C2H4N2/c1-17(2,11-19)15-8-12(10-18)7-14(9-15)13-3-5-16(20)6-4-13;1-4-2-3/h3-9,20H,10,18H2,1-2H3;2-3H,1H2. The van der Waals surface area contributed by atoms with Crippen molar-refractivity contribution in [2.75, 3.05) is 0 Å². The average molecular weight is 322 g/mol. The van der Waals surface area contributed by atoms with Crippen molar-refractivity contribution in [1.29, 1.82) is 10.7 Å². The number of phenolic OH excluding ortho intramolecular Hbond substituents is 1. The Morgan fingerprint density at radius 3 is 2.29 bits per heavy atom.